The Morgan fingerprint density at radius 1 is 1.19 bits per heavy atom. The van der Waals surface area contributed by atoms with Gasteiger partial charge in [0.05, 0.1) is 13.2 Å². The molecule has 0 bridgehead atoms. The van der Waals surface area contributed by atoms with Crippen LogP contribution in [0.2, 0.25) is 0 Å². The Labute approximate surface area is 202 Å². The zero-order valence-electron chi connectivity index (χ0n) is 19.5. The number of nitrogens with one attached hydrogen (secondary N) is 1. The molecule has 0 aliphatic heterocycles. The Balaban J connectivity index is 1.81. The molecule has 1 aromatic heterocycles. The lowest BCUT2D eigenvalue weighted by Crippen LogP contribution is -2.60. The summed E-state index contributed by atoms with van der Waals surface area (Å²) in [5, 5.41) is 13.2. The molecule has 2 unspecified atom stereocenters. The highest BCUT2D eigenvalue weighted by Crippen LogP contribution is 2.55. The van der Waals surface area contributed by atoms with Gasteiger partial charge in [0.15, 0.2) is 22.9 Å². The summed E-state index contributed by atoms with van der Waals surface area (Å²) in [5.74, 6) is -2.90. The van der Waals surface area contributed by atoms with Crippen molar-refractivity contribution in [3.8, 4) is 11.4 Å². The van der Waals surface area contributed by atoms with Crippen molar-refractivity contribution in [3.05, 3.63) is 71.2 Å². The van der Waals surface area contributed by atoms with Crippen LogP contribution in [0.3, 0.4) is 0 Å². The van der Waals surface area contributed by atoms with Crippen molar-refractivity contribution in [2.45, 2.75) is 43.5 Å². The van der Waals surface area contributed by atoms with E-state index in [0.29, 0.717) is 5.69 Å². The molecule has 1 aliphatic carbocycles. The Hall–Kier alpha value is -3.67. The van der Waals surface area contributed by atoms with Crippen molar-refractivity contribution in [2.75, 3.05) is 12.8 Å². The number of imidazole rings is 1. The summed E-state index contributed by atoms with van der Waals surface area (Å²) < 4.78 is 77.0. The van der Waals surface area contributed by atoms with Crippen molar-refractivity contribution in [1.82, 2.24) is 14.9 Å². The number of carbonyl (C=O) groups excluding carboxylic acids is 1. The molecule has 2 aromatic carbocycles. The fraction of sp³-hybridized carbons (Fsp3) is 0.333. The Bertz CT molecular complexity index is 1320. The van der Waals surface area contributed by atoms with Crippen LogP contribution in [-0.4, -0.2) is 39.5 Å². The second-order valence-electron chi connectivity index (χ2n) is 9.26. The molecule has 0 saturated carbocycles. The van der Waals surface area contributed by atoms with Gasteiger partial charge in [-0.25, -0.2) is 13.8 Å². The summed E-state index contributed by atoms with van der Waals surface area (Å²) in [6.07, 6.45) is -4.90. The van der Waals surface area contributed by atoms with Gasteiger partial charge >= 0.3 is 6.18 Å². The molecular formula is C24H23F5N4O3. The average molecular weight is 510 g/mol. The van der Waals surface area contributed by atoms with Gasteiger partial charge in [0.25, 0.3) is 5.91 Å². The summed E-state index contributed by atoms with van der Waals surface area (Å²) in [7, 11) is 1.18. The van der Waals surface area contributed by atoms with Gasteiger partial charge in [-0.1, -0.05) is 19.9 Å². The topological polar surface area (TPSA) is 102 Å². The van der Waals surface area contributed by atoms with E-state index in [0.717, 1.165) is 30.6 Å². The van der Waals surface area contributed by atoms with Gasteiger partial charge in [0.1, 0.15) is 18.0 Å². The number of aliphatic hydroxyl groups is 1. The minimum Gasteiger partial charge on any atom is -0.493 e. The van der Waals surface area contributed by atoms with Gasteiger partial charge in [-0.2, -0.15) is 13.2 Å². The van der Waals surface area contributed by atoms with Crippen LogP contribution in [0.25, 0.3) is 5.69 Å². The van der Waals surface area contributed by atoms with E-state index in [2.05, 4.69) is 10.3 Å². The number of fused-ring (bicyclic) bond motifs is 1. The largest absolute Gasteiger partial charge is 0.493 e. The summed E-state index contributed by atoms with van der Waals surface area (Å²) in [6, 6.07) is 5.02. The quantitative estimate of drug-likeness (QED) is 0.457. The number of hydrogen-bond acceptors (Lipinski definition) is 5. The number of rotatable bonds is 4. The lowest BCUT2D eigenvalue weighted by molar-refractivity contribution is -0.280. The maximum absolute atomic E-state index is 14.5. The molecule has 1 amide bonds. The van der Waals surface area contributed by atoms with E-state index in [1.807, 2.05) is 0 Å². The van der Waals surface area contributed by atoms with Crippen LogP contribution in [0, 0.1) is 11.6 Å². The third-order valence-corrected chi connectivity index (χ3v) is 6.41. The second kappa shape index (κ2) is 8.47. The number of hydrogen-bond donors (Lipinski definition) is 3. The number of benzene rings is 2. The Morgan fingerprint density at radius 3 is 2.42 bits per heavy atom. The average Bonchev–Trinajstić information content (AvgIpc) is 3.17. The fourth-order valence-electron chi connectivity index (χ4n) is 4.83. The molecule has 36 heavy (non-hydrogen) atoms. The van der Waals surface area contributed by atoms with E-state index in [9.17, 15) is 31.9 Å². The van der Waals surface area contributed by atoms with Gasteiger partial charge < -0.3 is 20.9 Å². The molecule has 0 fully saturated rings. The molecule has 0 spiro atoms. The number of carbonyl (C=O) groups is 1. The van der Waals surface area contributed by atoms with Gasteiger partial charge in [0, 0.05) is 11.3 Å². The highest BCUT2D eigenvalue weighted by atomic mass is 19.4. The van der Waals surface area contributed by atoms with Crippen LogP contribution in [0.1, 0.15) is 47.9 Å². The highest BCUT2D eigenvalue weighted by molar-refractivity contribution is 5.97. The molecule has 2 atom stereocenters. The molecule has 4 N–H and O–H groups in total. The summed E-state index contributed by atoms with van der Waals surface area (Å²) in [4.78, 5) is 17.0. The van der Waals surface area contributed by atoms with Crippen LogP contribution >= 0.6 is 0 Å². The molecule has 4 rings (SSSR count). The number of anilines is 1. The standard InChI is InChI=1S/C24H23F5N4O3/c1-22(2)10-23(35,24(27,28)29)19(14-8-9-15(26)18(36-3)16(14)22)32-21(34)17-20(30)33(11-31-17)13-6-4-12(25)5-7-13/h4-9,11,19,35H,10,30H2,1-3H3,(H,32,34). The minimum absolute atomic E-state index is 0.0917. The number of nitrogens with two attached hydrogens (primary N) is 1. The fourth-order valence-corrected chi connectivity index (χ4v) is 4.83. The number of alkyl halides is 3. The summed E-state index contributed by atoms with van der Waals surface area (Å²) >= 11 is 0. The van der Waals surface area contributed by atoms with Crippen LogP contribution < -0.4 is 15.8 Å². The van der Waals surface area contributed by atoms with Gasteiger partial charge in [-0.15, -0.1) is 0 Å². The highest BCUT2D eigenvalue weighted by Gasteiger charge is 2.64. The third kappa shape index (κ3) is 3.94. The van der Waals surface area contributed by atoms with Crippen molar-refractivity contribution >= 4 is 11.7 Å². The summed E-state index contributed by atoms with van der Waals surface area (Å²) in [5.41, 5.74) is 1.12. The lowest BCUT2D eigenvalue weighted by atomic mass is 9.63. The Morgan fingerprint density at radius 2 is 1.83 bits per heavy atom. The molecule has 12 heteroatoms. The van der Waals surface area contributed by atoms with Crippen molar-refractivity contribution < 1.29 is 36.6 Å². The molecule has 1 heterocycles. The van der Waals surface area contributed by atoms with E-state index in [4.69, 9.17) is 10.5 Å². The minimum atomic E-state index is -5.17. The maximum Gasteiger partial charge on any atom is 0.419 e. The van der Waals surface area contributed by atoms with E-state index < -0.39 is 52.9 Å². The first-order valence-electron chi connectivity index (χ1n) is 10.8. The van der Waals surface area contributed by atoms with Crippen LogP contribution in [0.4, 0.5) is 27.8 Å². The number of halogens is 5. The normalized spacial score (nSPS) is 21.1. The van der Waals surface area contributed by atoms with E-state index >= 15 is 0 Å². The van der Waals surface area contributed by atoms with Crippen LogP contribution in [0.5, 0.6) is 5.75 Å². The molecule has 3 aromatic rings. The molecule has 0 radical (unpaired) electrons. The molecule has 7 nitrogen and oxygen atoms in total. The number of ether oxygens (including phenoxy) is 1. The van der Waals surface area contributed by atoms with Gasteiger partial charge in [0.2, 0.25) is 0 Å². The van der Waals surface area contributed by atoms with Crippen molar-refractivity contribution in [3.63, 3.8) is 0 Å². The maximum atomic E-state index is 14.5. The smallest absolute Gasteiger partial charge is 0.419 e. The Kier molecular flexibility index (Phi) is 5.98. The number of methoxy groups -OCH3 is 1. The van der Waals surface area contributed by atoms with Crippen LogP contribution in [-0.2, 0) is 5.41 Å². The van der Waals surface area contributed by atoms with E-state index in [-0.39, 0.29) is 22.7 Å². The predicted molar refractivity (Wildman–Crippen MR) is 120 cm³/mol. The zero-order chi connectivity index (χ0) is 26.6. The first-order valence-corrected chi connectivity index (χ1v) is 10.8. The summed E-state index contributed by atoms with van der Waals surface area (Å²) in [6.45, 7) is 2.84. The zero-order valence-corrected chi connectivity index (χ0v) is 19.5. The molecular weight excluding hydrogens is 487 g/mol. The SMILES string of the molecule is COc1c(F)ccc2c1C(C)(C)CC(O)(C(F)(F)F)C2NC(=O)c1ncn(-c2ccc(F)cc2)c1N. The number of nitrogens with zero attached hydrogens (tertiary/aromatic N) is 2. The van der Waals surface area contributed by atoms with Gasteiger partial charge in [-0.05, 0) is 47.7 Å². The molecule has 0 saturated heterocycles. The first-order chi connectivity index (χ1) is 16.7. The number of aromatic nitrogens is 2. The van der Waals surface area contributed by atoms with Crippen LogP contribution in [0.15, 0.2) is 42.7 Å². The monoisotopic (exact) mass is 510 g/mol. The van der Waals surface area contributed by atoms with Crippen molar-refractivity contribution in [1.29, 1.82) is 0 Å². The van der Waals surface area contributed by atoms with Gasteiger partial charge in [-0.3, -0.25) is 9.36 Å². The van der Waals surface area contributed by atoms with E-state index in [1.165, 1.54) is 37.7 Å². The first kappa shape index (κ1) is 25.4. The number of amides is 1. The molecule has 1 aliphatic rings. The van der Waals surface area contributed by atoms with E-state index in [1.54, 1.807) is 0 Å². The predicted octanol–water partition coefficient (Wildman–Crippen LogP) is 4.19. The third-order valence-electron chi connectivity index (χ3n) is 6.41. The number of nitrogen functional groups attached to an aromatic ring is 1. The van der Waals surface area contributed by atoms with Crippen molar-refractivity contribution in [2.24, 2.45) is 0 Å². The molecule has 192 valence electrons. The second-order valence-corrected chi connectivity index (χ2v) is 9.26. The lowest BCUT2D eigenvalue weighted by Gasteiger charge is -2.48.